The molecule has 1 aromatic carbocycles. The number of aliphatic hydroxyl groups excluding tert-OH is 2. The van der Waals surface area contributed by atoms with Gasteiger partial charge < -0.3 is 20.3 Å². The Balaban J connectivity index is 2.53. The maximum Gasteiger partial charge on any atom is 0.217 e. The van der Waals surface area contributed by atoms with Crippen LogP contribution in [-0.2, 0) is 4.79 Å². The first-order valence-corrected chi connectivity index (χ1v) is 9.39. The molecule has 0 aliphatic rings. The van der Waals surface area contributed by atoms with Gasteiger partial charge in [-0.2, -0.15) is 0 Å². The number of rotatable bonds is 13. The molecule has 26 heavy (non-hydrogen) atoms. The van der Waals surface area contributed by atoms with E-state index in [4.69, 9.17) is 4.74 Å². The molecule has 1 amide bonds. The molecule has 0 bridgehead atoms. The predicted octanol–water partition coefficient (Wildman–Crippen LogP) is 3.16. The van der Waals surface area contributed by atoms with E-state index in [-0.39, 0.29) is 18.4 Å². The van der Waals surface area contributed by atoms with Crippen molar-refractivity contribution in [1.29, 1.82) is 0 Å². The molecule has 0 saturated carbocycles. The lowest BCUT2D eigenvalue weighted by Crippen LogP contribution is -2.47. The van der Waals surface area contributed by atoms with E-state index in [2.05, 4.69) is 11.9 Å². The molecule has 5 heteroatoms. The quantitative estimate of drug-likeness (QED) is 0.371. The summed E-state index contributed by atoms with van der Waals surface area (Å²) in [6.45, 7) is 7.31. The molecule has 3 unspecified atom stereocenters. The van der Waals surface area contributed by atoms with Gasteiger partial charge in [-0.15, -0.1) is 6.58 Å². The molecule has 1 rings (SSSR count). The lowest BCUT2D eigenvalue weighted by molar-refractivity contribution is -0.121. The lowest BCUT2D eigenvalue weighted by atomic mass is 9.91. The smallest absolute Gasteiger partial charge is 0.217 e. The molecule has 0 spiro atoms. The van der Waals surface area contributed by atoms with Crippen molar-refractivity contribution in [2.24, 2.45) is 0 Å². The largest absolute Gasteiger partial charge is 0.494 e. The lowest BCUT2D eigenvalue weighted by Gasteiger charge is -2.27. The zero-order chi connectivity index (χ0) is 19.4. The second-order valence-electron chi connectivity index (χ2n) is 6.68. The number of ether oxygens (including phenoxy) is 1. The normalized spacial score (nSPS) is 14.3. The van der Waals surface area contributed by atoms with Crippen LogP contribution >= 0.6 is 0 Å². The van der Waals surface area contributed by atoms with Crippen molar-refractivity contribution < 1.29 is 19.7 Å². The van der Waals surface area contributed by atoms with Gasteiger partial charge in [-0.25, -0.2) is 0 Å². The van der Waals surface area contributed by atoms with Crippen molar-refractivity contribution in [3.05, 3.63) is 42.5 Å². The highest BCUT2D eigenvalue weighted by Crippen LogP contribution is 2.25. The molecule has 3 N–H and O–H groups in total. The molecule has 0 aliphatic carbocycles. The Hall–Kier alpha value is -1.85. The molecular formula is C21H33NO4. The van der Waals surface area contributed by atoms with E-state index < -0.39 is 12.1 Å². The molecular weight excluding hydrogens is 330 g/mol. The summed E-state index contributed by atoms with van der Waals surface area (Å²) in [5.41, 5.74) is 0.907. The van der Waals surface area contributed by atoms with Crippen LogP contribution in [0.4, 0.5) is 0 Å². The highest BCUT2D eigenvalue weighted by atomic mass is 16.5. The van der Waals surface area contributed by atoms with E-state index in [0.717, 1.165) is 30.6 Å². The number of amides is 1. The van der Waals surface area contributed by atoms with Crippen LogP contribution in [0.5, 0.6) is 5.75 Å². The monoisotopic (exact) mass is 363 g/mol. The van der Waals surface area contributed by atoms with Crippen molar-refractivity contribution in [3.63, 3.8) is 0 Å². The van der Waals surface area contributed by atoms with Crippen LogP contribution in [0.2, 0.25) is 0 Å². The van der Waals surface area contributed by atoms with Gasteiger partial charge in [-0.1, -0.05) is 38.0 Å². The Bertz CT molecular complexity index is 547. The van der Waals surface area contributed by atoms with Crippen molar-refractivity contribution >= 4 is 5.91 Å². The minimum atomic E-state index is -0.885. The highest BCUT2D eigenvalue weighted by molar-refractivity contribution is 5.73. The first kappa shape index (κ1) is 22.2. The van der Waals surface area contributed by atoms with E-state index in [0.29, 0.717) is 6.61 Å². The number of carbonyl (C=O) groups excluding carboxylic acids is 1. The van der Waals surface area contributed by atoms with Crippen LogP contribution in [0.25, 0.3) is 0 Å². The average Bonchev–Trinajstić information content (AvgIpc) is 2.64. The van der Waals surface area contributed by atoms with E-state index in [1.165, 1.54) is 19.8 Å². The number of unbranched alkanes of at least 4 members (excludes halogenated alkanes) is 4. The van der Waals surface area contributed by atoms with Crippen molar-refractivity contribution in [1.82, 2.24) is 5.32 Å². The fraction of sp³-hybridized carbons (Fsp3) is 0.571. The molecule has 1 aromatic rings. The maximum absolute atomic E-state index is 11.2. The van der Waals surface area contributed by atoms with Crippen LogP contribution < -0.4 is 10.1 Å². The Kier molecular flexibility index (Phi) is 10.7. The number of aliphatic hydroxyl groups is 2. The minimum Gasteiger partial charge on any atom is -0.494 e. The van der Waals surface area contributed by atoms with Gasteiger partial charge in [0, 0.05) is 12.8 Å². The summed E-state index contributed by atoms with van der Waals surface area (Å²) < 4.78 is 5.81. The summed E-state index contributed by atoms with van der Waals surface area (Å²) in [4.78, 5) is 11.2. The van der Waals surface area contributed by atoms with Gasteiger partial charge in [0.15, 0.2) is 0 Å². The number of hydrogen-bond acceptors (Lipinski definition) is 4. The number of hydrogen-bond donors (Lipinski definition) is 3. The molecule has 0 fully saturated rings. The number of allylic oxidation sites excluding steroid dienone is 1. The Morgan fingerprint density at radius 2 is 2.04 bits per heavy atom. The Labute approximate surface area is 157 Å². The molecule has 5 nitrogen and oxygen atoms in total. The second-order valence-corrected chi connectivity index (χ2v) is 6.68. The average molecular weight is 363 g/mol. The summed E-state index contributed by atoms with van der Waals surface area (Å²) in [6.07, 6.45) is 6.64. The van der Waals surface area contributed by atoms with E-state index in [1.807, 2.05) is 37.3 Å². The fourth-order valence-corrected chi connectivity index (χ4v) is 2.87. The van der Waals surface area contributed by atoms with Crippen molar-refractivity contribution in [2.75, 3.05) is 13.2 Å². The van der Waals surface area contributed by atoms with Crippen LogP contribution in [0.1, 0.15) is 57.4 Å². The van der Waals surface area contributed by atoms with Crippen LogP contribution in [0, 0.1) is 0 Å². The third-order valence-electron chi connectivity index (χ3n) is 4.47. The summed E-state index contributed by atoms with van der Waals surface area (Å²) in [5.74, 6) is 0.245. The first-order chi connectivity index (χ1) is 12.5. The summed E-state index contributed by atoms with van der Waals surface area (Å²) in [7, 11) is 0. The van der Waals surface area contributed by atoms with Crippen LogP contribution in [-0.4, -0.2) is 41.5 Å². The Morgan fingerprint density at radius 1 is 1.31 bits per heavy atom. The van der Waals surface area contributed by atoms with E-state index in [1.54, 1.807) is 0 Å². The van der Waals surface area contributed by atoms with Gasteiger partial charge in [0.25, 0.3) is 0 Å². The molecule has 0 aromatic heterocycles. The third kappa shape index (κ3) is 8.02. The van der Waals surface area contributed by atoms with E-state index >= 15 is 0 Å². The van der Waals surface area contributed by atoms with Gasteiger partial charge in [-0.3, -0.25) is 4.79 Å². The molecule has 0 radical (unpaired) electrons. The number of benzene rings is 1. The van der Waals surface area contributed by atoms with Crippen molar-refractivity contribution in [3.8, 4) is 5.75 Å². The van der Waals surface area contributed by atoms with Gasteiger partial charge in [-0.05, 0) is 37.0 Å². The van der Waals surface area contributed by atoms with Gasteiger partial charge in [0.1, 0.15) is 5.75 Å². The topological polar surface area (TPSA) is 78.8 Å². The third-order valence-corrected chi connectivity index (χ3v) is 4.47. The van der Waals surface area contributed by atoms with Gasteiger partial charge in [0.2, 0.25) is 5.91 Å². The standard InChI is InChI=1S/C21H33NO4/c1-4-5-6-7-8-9-13-26-19-12-10-11-18(14-19)16(2)21(25)20(15-23)22-17(3)24/h4,10-12,14,16,20-21,23,25H,1,5-9,13,15H2,2-3H3,(H,22,24). The molecule has 0 heterocycles. The van der Waals surface area contributed by atoms with Crippen LogP contribution in [0.15, 0.2) is 36.9 Å². The summed E-state index contributed by atoms with van der Waals surface area (Å²) in [6, 6.07) is 6.93. The molecule has 0 saturated heterocycles. The SMILES string of the molecule is C=CCCCCCCOc1cccc(C(C)C(O)C(CO)NC(C)=O)c1. The van der Waals surface area contributed by atoms with Gasteiger partial charge >= 0.3 is 0 Å². The predicted molar refractivity (Wildman–Crippen MR) is 104 cm³/mol. The molecule has 3 atom stereocenters. The minimum absolute atomic E-state index is 0.249. The second kappa shape index (κ2) is 12.5. The zero-order valence-electron chi connectivity index (χ0n) is 16.0. The first-order valence-electron chi connectivity index (χ1n) is 9.39. The number of carbonyl (C=O) groups is 1. The highest BCUT2D eigenvalue weighted by Gasteiger charge is 2.26. The van der Waals surface area contributed by atoms with Crippen LogP contribution in [0.3, 0.4) is 0 Å². The Morgan fingerprint density at radius 3 is 2.69 bits per heavy atom. The molecule has 146 valence electrons. The zero-order valence-corrected chi connectivity index (χ0v) is 16.0. The fourth-order valence-electron chi connectivity index (χ4n) is 2.87. The summed E-state index contributed by atoms with van der Waals surface area (Å²) >= 11 is 0. The number of nitrogens with one attached hydrogen (secondary N) is 1. The molecule has 0 aliphatic heterocycles. The maximum atomic E-state index is 11.2. The van der Waals surface area contributed by atoms with Gasteiger partial charge in [0.05, 0.1) is 25.4 Å². The summed E-state index contributed by atoms with van der Waals surface area (Å²) in [5, 5.41) is 22.5. The van der Waals surface area contributed by atoms with E-state index in [9.17, 15) is 15.0 Å². The van der Waals surface area contributed by atoms with Crippen molar-refractivity contribution in [2.45, 2.75) is 64.0 Å².